The van der Waals surface area contributed by atoms with Crippen LogP contribution >= 0.6 is 0 Å². The van der Waals surface area contributed by atoms with E-state index in [-0.39, 0.29) is 12.7 Å². The minimum Gasteiger partial charge on any atom is -0.454 e. The van der Waals surface area contributed by atoms with Gasteiger partial charge in [-0.3, -0.25) is 9.48 Å². The van der Waals surface area contributed by atoms with Gasteiger partial charge < -0.3 is 14.4 Å². The molecule has 1 aromatic heterocycles. The summed E-state index contributed by atoms with van der Waals surface area (Å²) in [6.45, 7) is 1.70. The monoisotopic (exact) mass is 300 g/mol. The molecule has 7 nitrogen and oxygen atoms in total. The molecular weight excluding hydrogens is 284 g/mol. The zero-order chi connectivity index (χ0) is 15.1. The minimum absolute atomic E-state index is 0.0589. The topological polar surface area (TPSA) is 69.5 Å². The van der Waals surface area contributed by atoms with E-state index in [0.29, 0.717) is 18.2 Å². The van der Waals surface area contributed by atoms with Crippen molar-refractivity contribution in [1.29, 1.82) is 0 Å². The fourth-order valence-corrected chi connectivity index (χ4v) is 2.99. The van der Waals surface area contributed by atoms with Gasteiger partial charge in [-0.15, -0.1) is 5.10 Å². The van der Waals surface area contributed by atoms with Crippen LogP contribution in [0.4, 0.5) is 0 Å². The van der Waals surface area contributed by atoms with Gasteiger partial charge in [0, 0.05) is 26.1 Å². The highest BCUT2D eigenvalue weighted by Crippen LogP contribution is 2.37. The third-order valence-electron chi connectivity index (χ3n) is 4.17. The van der Waals surface area contributed by atoms with Gasteiger partial charge in [0.05, 0.1) is 6.20 Å². The lowest BCUT2D eigenvalue weighted by atomic mass is 9.98. The molecule has 2 aliphatic rings. The summed E-state index contributed by atoms with van der Waals surface area (Å²) < 4.78 is 12.3. The summed E-state index contributed by atoms with van der Waals surface area (Å²) in [7, 11) is 1.75. The summed E-state index contributed by atoms with van der Waals surface area (Å²) in [5, 5.41) is 7.70. The molecule has 0 N–H and O–H groups in total. The first-order valence-corrected chi connectivity index (χ1v) is 7.26. The summed E-state index contributed by atoms with van der Waals surface area (Å²) in [4.78, 5) is 14.2. The van der Waals surface area contributed by atoms with E-state index < -0.39 is 0 Å². The fraction of sp³-hybridized carbons (Fsp3) is 0.400. The van der Waals surface area contributed by atoms with E-state index in [1.165, 1.54) is 5.56 Å². The second-order valence-corrected chi connectivity index (χ2v) is 5.63. The maximum absolute atomic E-state index is 12.4. The van der Waals surface area contributed by atoms with Crippen LogP contribution in [0.1, 0.15) is 28.4 Å². The van der Waals surface area contributed by atoms with Gasteiger partial charge in [-0.05, 0) is 24.1 Å². The van der Waals surface area contributed by atoms with Crippen LogP contribution in [-0.4, -0.2) is 45.7 Å². The Morgan fingerprint density at radius 1 is 1.32 bits per heavy atom. The predicted molar refractivity (Wildman–Crippen MR) is 76.8 cm³/mol. The van der Waals surface area contributed by atoms with Crippen LogP contribution in [0.2, 0.25) is 0 Å². The Morgan fingerprint density at radius 3 is 3.00 bits per heavy atom. The molecule has 1 fully saturated rings. The number of carbonyl (C=O) groups is 1. The number of amides is 1. The second-order valence-electron chi connectivity index (χ2n) is 5.63. The number of hydrogen-bond donors (Lipinski definition) is 0. The zero-order valence-electron chi connectivity index (χ0n) is 12.2. The molecule has 0 spiro atoms. The van der Waals surface area contributed by atoms with Gasteiger partial charge in [0.15, 0.2) is 17.2 Å². The van der Waals surface area contributed by atoms with Gasteiger partial charge >= 0.3 is 0 Å². The van der Waals surface area contributed by atoms with Gasteiger partial charge in [-0.1, -0.05) is 11.3 Å². The van der Waals surface area contributed by atoms with Crippen molar-refractivity contribution in [3.63, 3.8) is 0 Å². The standard InChI is InChI=1S/C15H16N4O3/c1-18-8-12(16-17-18)15(20)19-5-4-11(7-19)10-2-3-13-14(6-10)22-9-21-13/h2-3,6,8,11H,4-5,7,9H2,1H3. The Morgan fingerprint density at radius 2 is 2.18 bits per heavy atom. The maximum atomic E-state index is 12.4. The molecule has 1 atom stereocenters. The van der Waals surface area contributed by atoms with Crippen molar-refractivity contribution in [2.75, 3.05) is 19.9 Å². The van der Waals surface area contributed by atoms with E-state index in [1.54, 1.807) is 17.9 Å². The van der Waals surface area contributed by atoms with Crippen molar-refractivity contribution in [2.24, 2.45) is 7.05 Å². The fourth-order valence-electron chi connectivity index (χ4n) is 2.99. The minimum atomic E-state index is -0.0589. The summed E-state index contributed by atoms with van der Waals surface area (Å²) >= 11 is 0. The highest BCUT2D eigenvalue weighted by Gasteiger charge is 2.30. The van der Waals surface area contributed by atoms with Crippen molar-refractivity contribution in [3.05, 3.63) is 35.7 Å². The molecule has 2 aromatic rings. The smallest absolute Gasteiger partial charge is 0.276 e. The molecule has 7 heteroatoms. The number of aromatic nitrogens is 3. The average Bonchev–Trinajstić information content (AvgIpc) is 3.25. The lowest BCUT2D eigenvalue weighted by Gasteiger charge is -2.15. The number of hydrogen-bond acceptors (Lipinski definition) is 5. The van der Waals surface area contributed by atoms with Crippen LogP contribution in [0.5, 0.6) is 11.5 Å². The first-order chi connectivity index (χ1) is 10.7. The number of ether oxygens (including phenoxy) is 2. The van der Waals surface area contributed by atoms with Crippen LogP contribution in [0.25, 0.3) is 0 Å². The average molecular weight is 300 g/mol. The van der Waals surface area contributed by atoms with Crippen LogP contribution in [0.15, 0.2) is 24.4 Å². The van der Waals surface area contributed by atoms with Gasteiger partial charge in [-0.25, -0.2) is 0 Å². The Bertz CT molecular complexity index is 727. The van der Waals surface area contributed by atoms with Crippen molar-refractivity contribution >= 4 is 5.91 Å². The molecule has 22 heavy (non-hydrogen) atoms. The molecule has 2 aliphatic heterocycles. The lowest BCUT2D eigenvalue weighted by Crippen LogP contribution is -2.28. The Balaban J connectivity index is 1.49. The van der Waals surface area contributed by atoms with Crippen LogP contribution in [0, 0.1) is 0 Å². The summed E-state index contributed by atoms with van der Waals surface area (Å²) in [6, 6.07) is 6.00. The molecule has 1 saturated heterocycles. The summed E-state index contributed by atoms with van der Waals surface area (Å²) in [6.07, 6.45) is 2.59. The van der Waals surface area contributed by atoms with Crippen LogP contribution in [0.3, 0.4) is 0 Å². The third-order valence-corrected chi connectivity index (χ3v) is 4.17. The predicted octanol–water partition coefficient (Wildman–Crippen LogP) is 1.17. The Kier molecular flexibility index (Phi) is 2.99. The van der Waals surface area contributed by atoms with Crippen LogP contribution in [-0.2, 0) is 7.05 Å². The van der Waals surface area contributed by atoms with E-state index in [9.17, 15) is 4.79 Å². The zero-order valence-corrected chi connectivity index (χ0v) is 12.2. The van der Waals surface area contributed by atoms with E-state index in [2.05, 4.69) is 16.4 Å². The van der Waals surface area contributed by atoms with Gasteiger partial charge in [0.1, 0.15) is 0 Å². The molecule has 1 amide bonds. The molecule has 0 bridgehead atoms. The number of nitrogens with zero attached hydrogens (tertiary/aromatic N) is 4. The molecule has 0 radical (unpaired) electrons. The first-order valence-electron chi connectivity index (χ1n) is 7.26. The van der Waals surface area contributed by atoms with E-state index in [0.717, 1.165) is 24.5 Å². The highest BCUT2D eigenvalue weighted by atomic mass is 16.7. The van der Waals surface area contributed by atoms with Gasteiger partial charge in [0.25, 0.3) is 5.91 Å². The number of carbonyl (C=O) groups excluding carboxylic acids is 1. The second kappa shape index (κ2) is 5.01. The number of fused-ring (bicyclic) bond motifs is 1. The van der Waals surface area contributed by atoms with Crippen molar-refractivity contribution in [3.8, 4) is 11.5 Å². The van der Waals surface area contributed by atoms with Crippen LogP contribution < -0.4 is 9.47 Å². The largest absolute Gasteiger partial charge is 0.454 e. The number of likely N-dealkylation sites (tertiary alicyclic amines) is 1. The SMILES string of the molecule is Cn1cc(C(=O)N2CCC(c3ccc4c(c3)OCO4)C2)nn1. The summed E-state index contributed by atoms with van der Waals surface area (Å²) in [5.74, 6) is 1.83. The molecule has 0 saturated carbocycles. The molecule has 4 rings (SSSR count). The van der Waals surface area contributed by atoms with E-state index >= 15 is 0 Å². The van der Waals surface area contributed by atoms with E-state index in [4.69, 9.17) is 9.47 Å². The van der Waals surface area contributed by atoms with E-state index in [1.807, 2.05) is 17.0 Å². The molecule has 3 heterocycles. The quantitative estimate of drug-likeness (QED) is 0.833. The maximum Gasteiger partial charge on any atom is 0.276 e. The Hall–Kier alpha value is -2.57. The number of rotatable bonds is 2. The van der Waals surface area contributed by atoms with Crippen molar-refractivity contribution in [2.45, 2.75) is 12.3 Å². The third kappa shape index (κ3) is 2.18. The first kappa shape index (κ1) is 13.1. The van der Waals surface area contributed by atoms with Crippen molar-refractivity contribution < 1.29 is 14.3 Å². The Labute approximate surface area is 127 Å². The molecule has 1 aromatic carbocycles. The molecule has 1 unspecified atom stereocenters. The molecular formula is C15H16N4O3. The highest BCUT2D eigenvalue weighted by molar-refractivity contribution is 5.92. The summed E-state index contributed by atoms with van der Waals surface area (Å²) in [5.41, 5.74) is 1.58. The number of aryl methyl sites for hydroxylation is 1. The normalized spacial score (nSPS) is 19.7. The molecule has 0 aliphatic carbocycles. The van der Waals surface area contributed by atoms with Gasteiger partial charge in [-0.2, -0.15) is 0 Å². The number of benzene rings is 1. The lowest BCUT2D eigenvalue weighted by molar-refractivity contribution is 0.0785. The van der Waals surface area contributed by atoms with Crippen molar-refractivity contribution in [1.82, 2.24) is 19.9 Å². The van der Waals surface area contributed by atoms with Gasteiger partial charge in [0.2, 0.25) is 6.79 Å². The molecule has 114 valence electrons.